The predicted octanol–water partition coefficient (Wildman–Crippen LogP) is 3.67. The van der Waals surface area contributed by atoms with Crippen LogP contribution in [0.2, 0.25) is 0 Å². The highest BCUT2D eigenvalue weighted by Gasteiger charge is 2.28. The van der Waals surface area contributed by atoms with Gasteiger partial charge < -0.3 is 19.3 Å². The van der Waals surface area contributed by atoms with Crippen LogP contribution in [-0.2, 0) is 18.4 Å². The maximum absolute atomic E-state index is 10.7. The zero-order chi connectivity index (χ0) is 23.5. The minimum absolute atomic E-state index is 0.393. The maximum atomic E-state index is 10.7. The van der Waals surface area contributed by atoms with Crippen molar-refractivity contribution < 1.29 is 24.0 Å². The largest absolute Gasteiger partial charge is 0.480 e. The predicted molar refractivity (Wildman–Crippen MR) is 127 cm³/mol. The summed E-state index contributed by atoms with van der Waals surface area (Å²) >= 11 is 0. The number of hydrogen-bond acceptors (Lipinski definition) is 5. The molecule has 0 spiro atoms. The van der Waals surface area contributed by atoms with Crippen LogP contribution in [0.3, 0.4) is 0 Å². The van der Waals surface area contributed by atoms with Crippen molar-refractivity contribution in [2.24, 2.45) is 7.05 Å². The van der Waals surface area contributed by atoms with E-state index in [-0.39, 0.29) is 0 Å². The van der Waals surface area contributed by atoms with Crippen LogP contribution in [0.15, 0.2) is 60.2 Å². The molecule has 33 heavy (non-hydrogen) atoms. The minimum atomic E-state index is -1.05. The molecule has 0 bridgehead atoms. The summed E-state index contributed by atoms with van der Waals surface area (Å²) in [6.07, 6.45) is 8.06. The topological polar surface area (TPSA) is 64.7 Å². The highest BCUT2D eigenvalue weighted by Crippen LogP contribution is 2.25. The van der Waals surface area contributed by atoms with Crippen LogP contribution in [-0.4, -0.2) is 35.6 Å². The Hall–Kier alpha value is -3.14. The van der Waals surface area contributed by atoms with Gasteiger partial charge in [-0.15, -0.1) is 0 Å². The van der Waals surface area contributed by atoms with Crippen molar-refractivity contribution in [1.29, 1.82) is 0 Å². The highest BCUT2D eigenvalue weighted by molar-refractivity contribution is 5.39. The fourth-order valence-corrected chi connectivity index (χ4v) is 3.46. The summed E-state index contributed by atoms with van der Waals surface area (Å²) < 4.78 is 19.2. The monoisotopic (exact) mass is 449 g/mol. The van der Waals surface area contributed by atoms with Crippen LogP contribution >= 0.6 is 0 Å². The average Bonchev–Trinajstić information content (AvgIpc) is 2.82. The number of aliphatic hydroxyl groups is 1. The lowest BCUT2D eigenvalue weighted by atomic mass is 9.95. The van der Waals surface area contributed by atoms with E-state index >= 15 is 0 Å². The summed E-state index contributed by atoms with van der Waals surface area (Å²) in [7, 11) is 1.80. The zero-order valence-corrected chi connectivity index (χ0v) is 19.7. The Balaban J connectivity index is 1.88. The van der Waals surface area contributed by atoms with E-state index in [0.717, 1.165) is 17.6 Å². The molecule has 0 aliphatic carbocycles. The molecule has 1 aliphatic rings. The van der Waals surface area contributed by atoms with Gasteiger partial charge in [0, 0.05) is 24.0 Å². The van der Waals surface area contributed by atoms with Crippen molar-refractivity contribution >= 4 is 0 Å². The summed E-state index contributed by atoms with van der Waals surface area (Å²) in [4.78, 5) is 0. The Labute approximate surface area is 196 Å². The number of nitrogens with zero attached hydrogens (tertiary/aromatic N) is 2. The molecule has 2 aromatic rings. The molecule has 1 N–H and O–H groups in total. The molecule has 174 valence electrons. The Bertz CT molecular complexity index is 1030. The Kier molecular flexibility index (Phi) is 9.05. The number of benzene rings is 1. The third-order valence-electron chi connectivity index (χ3n) is 5.23. The first-order chi connectivity index (χ1) is 16.0. The van der Waals surface area contributed by atoms with Gasteiger partial charge in [-0.05, 0) is 35.1 Å². The number of ether oxygens (including phenoxy) is 3. The number of aryl methyl sites for hydroxylation is 1. The van der Waals surface area contributed by atoms with Gasteiger partial charge in [-0.25, -0.2) is 0 Å². The molecular formula is C27H33N2O4+. The first-order valence-electron chi connectivity index (χ1n) is 11.4. The van der Waals surface area contributed by atoms with Gasteiger partial charge in [-0.3, -0.25) is 0 Å². The summed E-state index contributed by atoms with van der Waals surface area (Å²) in [5.74, 6) is 7.08. The van der Waals surface area contributed by atoms with E-state index in [0.29, 0.717) is 56.6 Å². The van der Waals surface area contributed by atoms with Gasteiger partial charge in [0.2, 0.25) is 5.75 Å². The van der Waals surface area contributed by atoms with Crippen LogP contribution in [0.4, 0.5) is 0 Å². The van der Waals surface area contributed by atoms with Gasteiger partial charge in [-0.1, -0.05) is 61.4 Å². The molecule has 0 radical (unpaired) electrons. The first kappa shape index (κ1) is 24.5. The fourth-order valence-electron chi connectivity index (χ4n) is 3.46. The smallest absolute Gasteiger partial charge is 0.437 e. The van der Waals surface area contributed by atoms with Crippen LogP contribution in [0, 0.1) is 11.8 Å². The third kappa shape index (κ3) is 7.45. The molecule has 1 aromatic heterocycles. The van der Waals surface area contributed by atoms with E-state index in [1.807, 2.05) is 49.4 Å². The summed E-state index contributed by atoms with van der Waals surface area (Å²) in [5, 5.41) is 15.2. The standard InChI is InChI=1S/C27H33N2O4/c1-4-9-22(10-5-2)20-32-25-19-24(13-14-27(30)15-17-31-18-16-27)28-29(3)26(25)33-21-23-11-7-6-8-12-23/h4,6-12,19,30H,5,15-18,20-21H2,1-3H3/q+1. The van der Waals surface area contributed by atoms with Crippen molar-refractivity contribution in [3.05, 3.63) is 71.5 Å². The molecule has 0 atom stereocenters. The van der Waals surface area contributed by atoms with Crippen molar-refractivity contribution in [2.75, 3.05) is 19.8 Å². The number of hydrogen-bond donors (Lipinski definition) is 1. The summed E-state index contributed by atoms with van der Waals surface area (Å²) in [5.41, 5.74) is 1.59. The second kappa shape index (κ2) is 12.2. The van der Waals surface area contributed by atoms with E-state index in [1.54, 1.807) is 17.8 Å². The van der Waals surface area contributed by atoms with Gasteiger partial charge in [0.05, 0.1) is 13.2 Å². The lowest BCUT2D eigenvalue weighted by molar-refractivity contribution is -0.736. The van der Waals surface area contributed by atoms with Crippen LogP contribution in [0.5, 0.6) is 11.6 Å². The molecular weight excluding hydrogens is 416 g/mol. The van der Waals surface area contributed by atoms with E-state index in [1.165, 1.54) is 0 Å². The van der Waals surface area contributed by atoms with Crippen molar-refractivity contribution in [3.8, 4) is 23.5 Å². The average molecular weight is 450 g/mol. The van der Waals surface area contributed by atoms with E-state index in [9.17, 15) is 5.11 Å². The SMILES string of the molecule is CC=CC(=CCC)COc1cc(C#CC2(O)CCOCC2)n[n+](C)c1OCc1ccccc1. The first-order valence-corrected chi connectivity index (χ1v) is 11.4. The maximum Gasteiger partial charge on any atom is 0.437 e. The molecule has 0 amide bonds. The molecule has 1 fully saturated rings. The molecule has 1 aromatic carbocycles. The molecule has 0 unspecified atom stereocenters. The Morgan fingerprint density at radius 3 is 2.70 bits per heavy atom. The zero-order valence-electron chi connectivity index (χ0n) is 19.7. The molecule has 0 saturated carbocycles. The van der Waals surface area contributed by atoms with Gasteiger partial charge in [0.15, 0.2) is 12.7 Å². The normalized spacial score (nSPS) is 15.7. The van der Waals surface area contributed by atoms with Crippen molar-refractivity contribution in [2.45, 2.75) is 45.3 Å². The molecule has 2 heterocycles. The molecule has 1 aliphatic heterocycles. The molecule has 6 nitrogen and oxygen atoms in total. The number of aromatic nitrogens is 2. The highest BCUT2D eigenvalue weighted by atomic mass is 16.5. The second-order valence-corrected chi connectivity index (χ2v) is 7.97. The molecule has 3 rings (SSSR count). The van der Waals surface area contributed by atoms with Gasteiger partial charge in [0.1, 0.15) is 18.8 Å². The van der Waals surface area contributed by atoms with E-state index in [4.69, 9.17) is 14.2 Å². The van der Waals surface area contributed by atoms with Crippen LogP contribution in [0.25, 0.3) is 0 Å². The molecule has 1 saturated heterocycles. The Morgan fingerprint density at radius 1 is 1.24 bits per heavy atom. The number of rotatable bonds is 8. The van der Waals surface area contributed by atoms with E-state index < -0.39 is 5.60 Å². The third-order valence-corrected chi connectivity index (χ3v) is 5.23. The lowest BCUT2D eigenvalue weighted by Crippen LogP contribution is -2.37. The van der Waals surface area contributed by atoms with Crippen LogP contribution < -0.4 is 14.2 Å². The minimum Gasteiger partial charge on any atom is -0.480 e. The fraction of sp³-hybridized carbons (Fsp3) is 0.407. The van der Waals surface area contributed by atoms with Crippen LogP contribution in [0.1, 0.15) is 44.4 Å². The Morgan fingerprint density at radius 2 is 2.00 bits per heavy atom. The summed E-state index contributed by atoms with van der Waals surface area (Å²) in [6, 6.07) is 11.7. The summed E-state index contributed by atoms with van der Waals surface area (Å²) in [6.45, 7) is 5.88. The van der Waals surface area contributed by atoms with Crippen molar-refractivity contribution in [3.63, 3.8) is 0 Å². The quantitative estimate of drug-likeness (QED) is 0.379. The molecule has 6 heteroatoms. The number of allylic oxidation sites excluding steroid dienone is 2. The lowest BCUT2D eigenvalue weighted by Gasteiger charge is -2.26. The van der Waals surface area contributed by atoms with Crippen molar-refractivity contribution in [1.82, 2.24) is 5.10 Å². The van der Waals surface area contributed by atoms with E-state index in [2.05, 4.69) is 29.9 Å². The van der Waals surface area contributed by atoms with Gasteiger partial charge in [-0.2, -0.15) is 0 Å². The van der Waals surface area contributed by atoms with Gasteiger partial charge in [0.25, 0.3) is 0 Å². The van der Waals surface area contributed by atoms with Gasteiger partial charge >= 0.3 is 5.88 Å². The second-order valence-electron chi connectivity index (χ2n) is 7.97.